The fourth-order valence-corrected chi connectivity index (χ4v) is 0.336. The first-order chi connectivity index (χ1) is 3.41. The first-order valence-electron chi connectivity index (χ1n) is 2.00. The maximum absolute atomic E-state index is 4.69. The van der Waals surface area contributed by atoms with Crippen LogP contribution in [0, 0.1) is 0 Å². The molecule has 3 nitrogen and oxygen atoms in total. The predicted octanol–water partition coefficient (Wildman–Crippen LogP) is 0.128. The molecule has 0 amide bonds. The standard InChI is InChI=1S/C3H9NO2S/c4-5-2-1-3-6-7/h7H,1-4H2. The molecule has 0 saturated carbocycles. The van der Waals surface area contributed by atoms with Gasteiger partial charge < -0.3 is 9.02 Å². The Morgan fingerprint density at radius 3 is 2.57 bits per heavy atom. The van der Waals surface area contributed by atoms with E-state index in [1.165, 1.54) is 0 Å². The molecule has 44 valence electrons. The van der Waals surface area contributed by atoms with Crippen LogP contribution in [0.3, 0.4) is 0 Å². The molecule has 0 unspecified atom stereocenters. The van der Waals surface area contributed by atoms with Crippen molar-refractivity contribution >= 4 is 12.9 Å². The summed E-state index contributed by atoms with van der Waals surface area (Å²) in [7, 11) is 0. The number of nitrogens with two attached hydrogens (primary N) is 1. The molecule has 2 N–H and O–H groups in total. The van der Waals surface area contributed by atoms with Crippen LogP contribution in [-0.2, 0) is 9.02 Å². The number of rotatable bonds is 4. The second-order valence-corrected chi connectivity index (χ2v) is 1.32. The second kappa shape index (κ2) is 6.23. The molecular formula is C3H9NO2S. The predicted molar refractivity (Wildman–Crippen MR) is 29.7 cm³/mol. The molecule has 0 aliphatic heterocycles. The van der Waals surface area contributed by atoms with E-state index in [0.717, 1.165) is 6.42 Å². The summed E-state index contributed by atoms with van der Waals surface area (Å²) < 4.78 is 4.40. The zero-order valence-electron chi connectivity index (χ0n) is 3.96. The zero-order chi connectivity index (χ0) is 5.54. The van der Waals surface area contributed by atoms with E-state index >= 15 is 0 Å². The summed E-state index contributed by atoms with van der Waals surface area (Å²) in [5, 5.41) is 0. The molecule has 0 bridgehead atoms. The van der Waals surface area contributed by atoms with Crippen LogP contribution in [0.4, 0.5) is 0 Å². The molecule has 0 atom stereocenters. The maximum Gasteiger partial charge on any atom is 0.0701 e. The van der Waals surface area contributed by atoms with Gasteiger partial charge in [0.25, 0.3) is 0 Å². The van der Waals surface area contributed by atoms with Crippen LogP contribution in [0.5, 0.6) is 0 Å². The van der Waals surface area contributed by atoms with Gasteiger partial charge in [-0.3, -0.25) is 0 Å². The summed E-state index contributed by atoms with van der Waals surface area (Å²) in [6, 6.07) is 0. The Kier molecular flexibility index (Phi) is 6.43. The number of hydrogen-bond donors (Lipinski definition) is 2. The third-order valence-corrected chi connectivity index (χ3v) is 0.680. The van der Waals surface area contributed by atoms with E-state index in [1.54, 1.807) is 0 Å². The van der Waals surface area contributed by atoms with Crippen molar-refractivity contribution in [3.8, 4) is 0 Å². The van der Waals surface area contributed by atoms with Crippen LogP contribution < -0.4 is 5.90 Å². The van der Waals surface area contributed by atoms with Gasteiger partial charge in [-0.25, -0.2) is 5.90 Å². The van der Waals surface area contributed by atoms with Gasteiger partial charge in [0, 0.05) is 0 Å². The van der Waals surface area contributed by atoms with Crippen molar-refractivity contribution in [2.75, 3.05) is 13.2 Å². The van der Waals surface area contributed by atoms with Gasteiger partial charge in [-0.05, 0) is 19.3 Å². The third kappa shape index (κ3) is 6.23. The van der Waals surface area contributed by atoms with Crippen LogP contribution in [0.1, 0.15) is 6.42 Å². The molecule has 4 heteroatoms. The van der Waals surface area contributed by atoms with Gasteiger partial charge in [0.15, 0.2) is 0 Å². The van der Waals surface area contributed by atoms with Gasteiger partial charge in [0.2, 0.25) is 0 Å². The summed E-state index contributed by atoms with van der Waals surface area (Å²) >= 11 is 3.50. The van der Waals surface area contributed by atoms with Crippen molar-refractivity contribution in [1.82, 2.24) is 0 Å². The monoisotopic (exact) mass is 123 g/mol. The molecule has 0 aromatic rings. The van der Waals surface area contributed by atoms with Crippen molar-refractivity contribution < 1.29 is 9.02 Å². The van der Waals surface area contributed by atoms with E-state index in [2.05, 4.69) is 27.8 Å². The van der Waals surface area contributed by atoms with E-state index in [-0.39, 0.29) is 0 Å². The molecule has 0 aromatic heterocycles. The van der Waals surface area contributed by atoms with Gasteiger partial charge in [-0.15, -0.1) is 0 Å². The van der Waals surface area contributed by atoms with E-state index in [9.17, 15) is 0 Å². The molecule has 0 saturated heterocycles. The molecule has 0 heterocycles. The number of hydrogen-bond acceptors (Lipinski definition) is 4. The van der Waals surface area contributed by atoms with Gasteiger partial charge in [0.05, 0.1) is 13.2 Å². The Morgan fingerprint density at radius 1 is 1.43 bits per heavy atom. The summed E-state index contributed by atoms with van der Waals surface area (Å²) in [6.45, 7) is 1.11. The highest BCUT2D eigenvalue weighted by Gasteiger charge is 1.81. The SMILES string of the molecule is NOCCCOS. The molecule has 0 spiro atoms. The van der Waals surface area contributed by atoms with Crippen molar-refractivity contribution in [1.29, 1.82) is 0 Å². The summed E-state index contributed by atoms with van der Waals surface area (Å²) in [5.74, 6) is 4.69. The average Bonchev–Trinajstić information content (AvgIpc) is 1.69. The molecular weight excluding hydrogens is 114 g/mol. The maximum atomic E-state index is 4.69. The minimum atomic E-state index is 0.528. The first-order valence-corrected chi connectivity index (χ1v) is 2.36. The molecule has 0 aliphatic carbocycles. The molecule has 0 fully saturated rings. The topological polar surface area (TPSA) is 44.5 Å². The Morgan fingerprint density at radius 2 is 2.14 bits per heavy atom. The highest BCUT2D eigenvalue weighted by Crippen LogP contribution is 1.82. The van der Waals surface area contributed by atoms with Gasteiger partial charge in [-0.1, -0.05) is 0 Å². The largest absolute Gasteiger partial charge is 0.318 e. The minimum Gasteiger partial charge on any atom is -0.318 e. The quantitative estimate of drug-likeness (QED) is 0.242. The Bertz CT molecular complexity index is 32.1. The minimum absolute atomic E-state index is 0.528. The summed E-state index contributed by atoms with van der Waals surface area (Å²) in [5.41, 5.74) is 0. The number of thiol groups is 1. The highest BCUT2D eigenvalue weighted by molar-refractivity contribution is 7.75. The molecule has 0 aliphatic rings. The fourth-order valence-electron chi connectivity index (χ4n) is 0.207. The summed E-state index contributed by atoms with van der Waals surface area (Å²) in [4.78, 5) is 4.23. The average molecular weight is 123 g/mol. The van der Waals surface area contributed by atoms with Crippen molar-refractivity contribution in [3.05, 3.63) is 0 Å². The Labute approximate surface area is 48.4 Å². The van der Waals surface area contributed by atoms with Crippen molar-refractivity contribution in [2.24, 2.45) is 5.90 Å². The van der Waals surface area contributed by atoms with Crippen molar-refractivity contribution in [2.45, 2.75) is 6.42 Å². The lowest BCUT2D eigenvalue weighted by Gasteiger charge is -1.92. The lowest BCUT2D eigenvalue weighted by molar-refractivity contribution is 0.125. The highest BCUT2D eigenvalue weighted by atomic mass is 32.1. The first kappa shape index (κ1) is 7.23. The van der Waals surface area contributed by atoms with Crippen LogP contribution in [0.25, 0.3) is 0 Å². The molecule has 0 rings (SSSR count). The molecule has 0 aromatic carbocycles. The van der Waals surface area contributed by atoms with Crippen molar-refractivity contribution in [3.63, 3.8) is 0 Å². The Balaban J connectivity index is 2.45. The van der Waals surface area contributed by atoms with Crippen LogP contribution in [-0.4, -0.2) is 13.2 Å². The zero-order valence-corrected chi connectivity index (χ0v) is 4.86. The fraction of sp³-hybridized carbons (Fsp3) is 1.00. The molecule has 7 heavy (non-hydrogen) atoms. The molecule has 0 radical (unpaired) electrons. The van der Waals surface area contributed by atoms with E-state index in [4.69, 9.17) is 0 Å². The van der Waals surface area contributed by atoms with Gasteiger partial charge in [-0.2, -0.15) is 0 Å². The van der Waals surface area contributed by atoms with E-state index in [0.29, 0.717) is 13.2 Å². The normalized spacial score (nSPS) is 9.43. The third-order valence-electron chi connectivity index (χ3n) is 0.498. The van der Waals surface area contributed by atoms with E-state index in [1.807, 2.05) is 0 Å². The smallest absolute Gasteiger partial charge is 0.0701 e. The van der Waals surface area contributed by atoms with Crippen LogP contribution in [0.15, 0.2) is 0 Å². The second-order valence-electron chi connectivity index (χ2n) is 1.06. The van der Waals surface area contributed by atoms with Crippen LogP contribution in [0.2, 0.25) is 0 Å². The van der Waals surface area contributed by atoms with Crippen LogP contribution >= 0.6 is 12.9 Å². The van der Waals surface area contributed by atoms with E-state index < -0.39 is 0 Å². The summed E-state index contributed by atoms with van der Waals surface area (Å²) in [6.07, 6.45) is 0.792. The van der Waals surface area contributed by atoms with Gasteiger partial charge >= 0.3 is 0 Å². The Hall–Kier alpha value is 0.230. The van der Waals surface area contributed by atoms with Gasteiger partial charge in [0.1, 0.15) is 0 Å². The lowest BCUT2D eigenvalue weighted by Crippen LogP contribution is -2.02. The lowest BCUT2D eigenvalue weighted by atomic mass is 10.5.